The van der Waals surface area contributed by atoms with Crippen LogP contribution in [-0.4, -0.2) is 21.2 Å². The second kappa shape index (κ2) is 24.6. The van der Waals surface area contributed by atoms with E-state index >= 15 is 0 Å². The summed E-state index contributed by atoms with van der Waals surface area (Å²) in [5, 5.41) is 2.44. The Labute approximate surface area is 249 Å². The zero-order valence-electron chi connectivity index (χ0n) is 21.4. The van der Waals surface area contributed by atoms with E-state index in [1.165, 1.54) is 23.6 Å². The molecule has 0 saturated heterocycles. The van der Waals surface area contributed by atoms with Gasteiger partial charge in [-0.2, -0.15) is 0 Å². The van der Waals surface area contributed by atoms with Crippen molar-refractivity contribution in [1.29, 1.82) is 0 Å². The van der Waals surface area contributed by atoms with E-state index in [1.54, 1.807) is 43.6 Å². The molecule has 42 heavy (non-hydrogen) atoms. The maximum Gasteiger partial charge on any atom is 0.180 e. The van der Waals surface area contributed by atoms with Gasteiger partial charge in [0.1, 0.15) is 11.8 Å². The number of hydrogen-bond donors (Lipinski definition) is 1. The Morgan fingerprint density at radius 1 is 0.595 bits per heavy atom. The van der Waals surface area contributed by atoms with Crippen LogP contribution in [0.1, 0.15) is 28.7 Å². The molecule has 7 nitrogen and oxygen atoms in total. The van der Waals surface area contributed by atoms with E-state index in [-0.39, 0.29) is 22.3 Å². The largest absolute Gasteiger partial charge is 0.473 e. The molecule has 8 rings (SSSR count). The molecule has 0 aliphatic carbocycles. The Balaban J connectivity index is 0.000000483. The third-order valence-electron chi connectivity index (χ3n) is 4.70. The number of rotatable bonds is 0. The average Bonchev–Trinajstić information content (AvgIpc) is 3.87. The highest BCUT2D eigenvalue weighted by Gasteiger charge is 1.89. The monoisotopic (exact) mass is 566 g/mol. The summed E-state index contributed by atoms with van der Waals surface area (Å²) in [5.74, 6) is 0. The number of aromatic amines is 1. The second-order valence-electron chi connectivity index (χ2n) is 7.47. The first-order valence-corrected chi connectivity index (χ1v) is 12.2. The van der Waals surface area contributed by atoms with Gasteiger partial charge in [0.15, 0.2) is 6.39 Å². The van der Waals surface area contributed by atoms with Crippen molar-refractivity contribution < 1.29 is 13.3 Å². The SMILES string of the molecule is C.C.C.C1=CN=CC1.c1ccc2[nH]ccc2c1.c1ccc2occc2c1.c1ccncc1.c1ccoc1.c1cocn1. The lowest BCUT2D eigenvalue weighted by Crippen LogP contribution is -1.61. The summed E-state index contributed by atoms with van der Waals surface area (Å²) in [6, 6.07) is 29.6. The van der Waals surface area contributed by atoms with Crippen molar-refractivity contribution in [2.75, 3.05) is 0 Å². The maximum atomic E-state index is 5.12. The van der Waals surface area contributed by atoms with Crippen LogP contribution in [0.25, 0.3) is 21.9 Å². The van der Waals surface area contributed by atoms with Crippen molar-refractivity contribution in [2.45, 2.75) is 28.7 Å². The number of furan rings is 2. The highest BCUT2D eigenvalue weighted by atomic mass is 16.3. The minimum absolute atomic E-state index is 0. The lowest BCUT2D eigenvalue weighted by molar-refractivity contribution is 0.558. The van der Waals surface area contributed by atoms with Crippen molar-refractivity contribution in [3.8, 4) is 0 Å². The van der Waals surface area contributed by atoms with Gasteiger partial charge in [0.25, 0.3) is 0 Å². The van der Waals surface area contributed by atoms with E-state index < -0.39 is 0 Å². The number of fused-ring (bicyclic) bond motifs is 2. The summed E-state index contributed by atoms with van der Waals surface area (Å²) in [6.07, 6.45) is 21.6. The number of nitrogens with one attached hydrogen (secondary N) is 1. The molecule has 0 spiro atoms. The smallest absolute Gasteiger partial charge is 0.180 e. The van der Waals surface area contributed by atoms with Crippen LogP contribution in [0.3, 0.4) is 0 Å². The molecule has 0 bridgehead atoms. The minimum Gasteiger partial charge on any atom is -0.473 e. The van der Waals surface area contributed by atoms with Crippen LogP contribution in [0, 0.1) is 0 Å². The fraction of sp³-hybridized carbons (Fsp3) is 0.114. The Morgan fingerprint density at radius 3 is 1.79 bits per heavy atom. The van der Waals surface area contributed by atoms with Crippen molar-refractivity contribution in [3.63, 3.8) is 0 Å². The number of aromatic nitrogens is 3. The van der Waals surface area contributed by atoms with E-state index in [2.05, 4.69) is 47.0 Å². The second-order valence-corrected chi connectivity index (χ2v) is 7.47. The number of H-pyrrole nitrogens is 1. The van der Waals surface area contributed by atoms with Gasteiger partial charge in [0.2, 0.25) is 0 Å². The molecule has 220 valence electrons. The van der Waals surface area contributed by atoms with Gasteiger partial charge >= 0.3 is 0 Å². The van der Waals surface area contributed by atoms with Gasteiger partial charge in [-0.15, -0.1) is 0 Å². The van der Waals surface area contributed by atoms with Crippen molar-refractivity contribution >= 4 is 28.1 Å². The van der Waals surface area contributed by atoms with Crippen LogP contribution < -0.4 is 0 Å². The van der Waals surface area contributed by atoms with E-state index in [1.807, 2.05) is 91.3 Å². The molecule has 0 amide bonds. The van der Waals surface area contributed by atoms with Gasteiger partial charge < -0.3 is 18.2 Å². The molecular formula is C35H42N4O3. The number of oxazole rings is 1. The normalized spacial score (nSPS) is 9.52. The predicted molar refractivity (Wildman–Crippen MR) is 176 cm³/mol. The lowest BCUT2D eigenvalue weighted by atomic mass is 10.3. The Kier molecular flexibility index (Phi) is 21.4. The summed E-state index contributed by atoms with van der Waals surface area (Å²) in [5.41, 5.74) is 2.16. The van der Waals surface area contributed by atoms with Crippen LogP contribution in [0.5, 0.6) is 0 Å². The summed E-state index contributed by atoms with van der Waals surface area (Å²) in [6.45, 7) is 0. The first-order chi connectivity index (χ1) is 19.4. The average molecular weight is 567 g/mol. The van der Waals surface area contributed by atoms with Crippen molar-refractivity contribution in [1.82, 2.24) is 15.0 Å². The molecule has 5 aromatic heterocycles. The van der Waals surface area contributed by atoms with Gasteiger partial charge in [0.05, 0.1) is 25.0 Å². The highest BCUT2D eigenvalue weighted by Crippen LogP contribution is 2.12. The molecule has 1 aliphatic heterocycles. The van der Waals surface area contributed by atoms with Gasteiger partial charge in [-0.3, -0.25) is 9.98 Å². The Hall–Kier alpha value is -5.43. The number of hydrogen-bond acceptors (Lipinski definition) is 6. The van der Waals surface area contributed by atoms with Crippen LogP contribution in [0.2, 0.25) is 0 Å². The minimum atomic E-state index is 0. The van der Waals surface area contributed by atoms with Gasteiger partial charge in [-0.25, -0.2) is 4.98 Å². The summed E-state index contributed by atoms with van der Waals surface area (Å²) in [4.78, 5) is 14.2. The van der Waals surface area contributed by atoms with E-state index in [0.717, 1.165) is 17.4 Å². The quantitative estimate of drug-likeness (QED) is 0.197. The van der Waals surface area contributed by atoms with E-state index in [9.17, 15) is 0 Å². The molecule has 0 saturated carbocycles. The zero-order valence-corrected chi connectivity index (χ0v) is 21.4. The molecule has 0 atom stereocenters. The number of allylic oxidation sites excluding steroid dienone is 1. The number of pyridine rings is 1. The van der Waals surface area contributed by atoms with Crippen LogP contribution >= 0.6 is 0 Å². The van der Waals surface area contributed by atoms with Gasteiger partial charge in [-0.05, 0) is 53.9 Å². The fourth-order valence-electron chi connectivity index (χ4n) is 2.92. The van der Waals surface area contributed by atoms with E-state index in [0.29, 0.717) is 0 Å². The highest BCUT2D eigenvalue weighted by molar-refractivity contribution is 5.78. The first-order valence-electron chi connectivity index (χ1n) is 12.2. The molecule has 7 heteroatoms. The molecule has 2 aromatic carbocycles. The number of benzene rings is 2. The molecule has 1 aliphatic rings. The molecule has 6 heterocycles. The maximum absolute atomic E-state index is 5.12. The third kappa shape index (κ3) is 15.9. The molecule has 1 N–H and O–H groups in total. The lowest BCUT2D eigenvalue weighted by Gasteiger charge is -1.83. The van der Waals surface area contributed by atoms with Crippen molar-refractivity contribution in [3.05, 3.63) is 160 Å². The number of nitrogens with zero attached hydrogens (tertiary/aromatic N) is 3. The third-order valence-corrected chi connectivity index (χ3v) is 4.70. The van der Waals surface area contributed by atoms with Crippen LogP contribution in [-0.2, 0) is 0 Å². The number of para-hydroxylation sites is 2. The molecular weight excluding hydrogens is 524 g/mol. The zero-order chi connectivity index (χ0) is 27.1. The van der Waals surface area contributed by atoms with Gasteiger partial charge in [-0.1, -0.05) is 70.8 Å². The summed E-state index contributed by atoms with van der Waals surface area (Å²) in [7, 11) is 0. The number of aliphatic imine (C=N–C) groups is 1. The molecule has 0 fully saturated rings. The Morgan fingerprint density at radius 2 is 1.33 bits per heavy atom. The van der Waals surface area contributed by atoms with Crippen molar-refractivity contribution in [2.24, 2.45) is 4.99 Å². The first kappa shape index (κ1) is 36.6. The molecule has 7 aromatic rings. The van der Waals surface area contributed by atoms with Crippen LogP contribution in [0.4, 0.5) is 0 Å². The Bertz CT molecular complexity index is 1310. The summed E-state index contributed by atoms with van der Waals surface area (Å²) < 4.78 is 14.2. The standard InChI is InChI=1S/C8H7N.C8H6O.C5H5N.C4H5N.C4H4O.C3H3NO.3CH4/c2*1-2-4-8-7(3-1)5-6-9-8;1-2-4-6-5-3-1;2*1-2-4-5-3-1;1-2-5-3-4-1;;;/h1-6,9H;1-6H;1-5H;1,3-4H,2H2;1-4H;1-3H;3*1H4. The van der Waals surface area contributed by atoms with Gasteiger partial charge in [0, 0.05) is 48.3 Å². The van der Waals surface area contributed by atoms with Crippen LogP contribution in [0.15, 0.2) is 178 Å². The predicted octanol–water partition coefficient (Wildman–Crippen LogP) is 10.5. The van der Waals surface area contributed by atoms with E-state index in [4.69, 9.17) is 4.42 Å². The summed E-state index contributed by atoms with van der Waals surface area (Å²) >= 11 is 0. The topological polar surface area (TPSA) is 93.3 Å². The fourth-order valence-corrected chi connectivity index (χ4v) is 2.92. The molecule has 0 unspecified atom stereocenters. The molecule has 0 radical (unpaired) electrons.